The average Bonchev–Trinajstić information content (AvgIpc) is 2.88. The highest BCUT2D eigenvalue weighted by Crippen LogP contribution is 2.46. The van der Waals surface area contributed by atoms with Gasteiger partial charge in [-0.1, -0.05) is 26.7 Å². The van der Waals surface area contributed by atoms with Crippen LogP contribution in [-0.4, -0.2) is 23.1 Å². The van der Waals surface area contributed by atoms with E-state index >= 15 is 0 Å². The quantitative estimate of drug-likeness (QED) is 0.902. The minimum atomic E-state index is -0.0291. The highest BCUT2D eigenvalue weighted by Gasteiger charge is 2.37. The van der Waals surface area contributed by atoms with Gasteiger partial charge in [-0.05, 0) is 37.0 Å². The van der Waals surface area contributed by atoms with Crippen molar-refractivity contribution in [1.82, 2.24) is 9.97 Å². The third kappa shape index (κ3) is 2.48. The maximum atomic E-state index is 12.2. The van der Waals surface area contributed by atoms with Crippen LogP contribution in [0.4, 0.5) is 5.82 Å². The molecular weight excluding hydrogens is 250 g/mol. The van der Waals surface area contributed by atoms with Crippen molar-refractivity contribution < 1.29 is 0 Å². The van der Waals surface area contributed by atoms with Gasteiger partial charge in [0.1, 0.15) is 0 Å². The fourth-order valence-electron chi connectivity index (χ4n) is 3.75. The van der Waals surface area contributed by atoms with Gasteiger partial charge in [-0.2, -0.15) is 0 Å². The number of hydrogen-bond acceptors (Lipinski definition) is 3. The average molecular weight is 275 g/mol. The summed E-state index contributed by atoms with van der Waals surface area (Å²) in [6.45, 7) is 6.10. The Balaban J connectivity index is 1.73. The molecule has 1 saturated carbocycles. The third-order valence-corrected chi connectivity index (χ3v) is 5.20. The van der Waals surface area contributed by atoms with Crippen LogP contribution < -0.4 is 10.5 Å². The van der Waals surface area contributed by atoms with Crippen LogP contribution in [-0.2, 0) is 0 Å². The van der Waals surface area contributed by atoms with Crippen LogP contribution in [0.1, 0.15) is 64.0 Å². The Kier molecular flexibility index (Phi) is 3.57. The van der Waals surface area contributed by atoms with Crippen LogP contribution >= 0.6 is 0 Å². The maximum Gasteiger partial charge on any atom is 0.291 e. The zero-order valence-corrected chi connectivity index (χ0v) is 12.6. The molecule has 4 nitrogen and oxygen atoms in total. The van der Waals surface area contributed by atoms with Crippen molar-refractivity contribution in [3.8, 4) is 0 Å². The van der Waals surface area contributed by atoms with E-state index in [0.717, 1.165) is 18.8 Å². The summed E-state index contributed by atoms with van der Waals surface area (Å²) in [6.07, 6.45) is 9.82. The molecule has 0 radical (unpaired) electrons. The fraction of sp³-hybridized carbons (Fsp3) is 0.750. The molecule has 0 unspecified atom stereocenters. The van der Waals surface area contributed by atoms with E-state index in [1.165, 1.54) is 38.5 Å². The van der Waals surface area contributed by atoms with E-state index in [1.54, 1.807) is 0 Å². The predicted molar refractivity (Wildman–Crippen MR) is 81.3 cm³/mol. The molecule has 1 aromatic heterocycles. The molecule has 2 heterocycles. The Morgan fingerprint density at radius 1 is 1.20 bits per heavy atom. The van der Waals surface area contributed by atoms with Crippen LogP contribution in [0.25, 0.3) is 0 Å². The van der Waals surface area contributed by atoms with Gasteiger partial charge in [0, 0.05) is 25.0 Å². The number of anilines is 1. The second kappa shape index (κ2) is 5.23. The van der Waals surface area contributed by atoms with Crippen molar-refractivity contribution in [2.75, 3.05) is 18.0 Å². The molecule has 1 aliphatic carbocycles. The number of rotatable bonds is 2. The molecule has 20 heavy (non-hydrogen) atoms. The summed E-state index contributed by atoms with van der Waals surface area (Å²) >= 11 is 0. The first-order valence-corrected chi connectivity index (χ1v) is 7.94. The molecule has 0 bridgehead atoms. The minimum Gasteiger partial charge on any atom is -0.352 e. The summed E-state index contributed by atoms with van der Waals surface area (Å²) in [6, 6.07) is 0. The van der Waals surface area contributed by atoms with Gasteiger partial charge < -0.3 is 9.88 Å². The molecule has 1 saturated heterocycles. The van der Waals surface area contributed by atoms with Crippen LogP contribution in [0.2, 0.25) is 0 Å². The number of H-pyrrole nitrogens is 1. The van der Waals surface area contributed by atoms with E-state index < -0.39 is 0 Å². The summed E-state index contributed by atoms with van der Waals surface area (Å²) in [4.78, 5) is 21.8. The first-order chi connectivity index (χ1) is 9.60. The second-order valence-electron chi connectivity index (χ2n) is 6.84. The van der Waals surface area contributed by atoms with Gasteiger partial charge in [-0.15, -0.1) is 0 Å². The van der Waals surface area contributed by atoms with Gasteiger partial charge in [-0.3, -0.25) is 4.79 Å². The van der Waals surface area contributed by atoms with Gasteiger partial charge in [0.2, 0.25) is 0 Å². The minimum absolute atomic E-state index is 0.0291. The molecule has 1 spiro atoms. The summed E-state index contributed by atoms with van der Waals surface area (Å²) in [5, 5.41) is 0. The van der Waals surface area contributed by atoms with Crippen molar-refractivity contribution in [1.29, 1.82) is 0 Å². The van der Waals surface area contributed by atoms with E-state index in [0.29, 0.717) is 17.2 Å². The molecule has 4 heteroatoms. The Morgan fingerprint density at radius 3 is 2.40 bits per heavy atom. The Labute approximate surface area is 120 Å². The summed E-state index contributed by atoms with van der Waals surface area (Å²) in [7, 11) is 0. The number of nitrogens with one attached hydrogen (secondary N) is 1. The Morgan fingerprint density at radius 2 is 1.85 bits per heavy atom. The highest BCUT2D eigenvalue weighted by molar-refractivity contribution is 5.37. The topological polar surface area (TPSA) is 49.0 Å². The molecule has 1 aromatic rings. The molecule has 1 N–H and O–H groups in total. The van der Waals surface area contributed by atoms with E-state index in [4.69, 9.17) is 0 Å². The van der Waals surface area contributed by atoms with Crippen LogP contribution in [0.5, 0.6) is 0 Å². The summed E-state index contributed by atoms with van der Waals surface area (Å²) in [5.41, 5.74) is 1.47. The number of aromatic amines is 1. The molecule has 1 aliphatic heterocycles. The standard InChI is InChI=1S/C16H25N3O/c1-12(2)13-11-17-14(15(20)18-13)19-9-7-16(8-10-19)5-3-4-6-16/h11-12H,3-10H2,1-2H3,(H,18,20). The van der Waals surface area contributed by atoms with Gasteiger partial charge in [0.25, 0.3) is 5.56 Å². The highest BCUT2D eigenvalue weighted by atomic mass is 16.1. The maximum absolute atomic E-state index is 12.2. The Hall–Kier alpha value is -1.32. The van der Waals surface area contributed by atoms with Crippen LogP contribution in [0, 0.1) is 5.41 Å². The van der Waals surface area contributed by atoms with Crippen molar-refractivity contribution in [3.63, 3.8) is 0 Å². The first-order valence-electron chi connectivity index (χ1n) is 7.94. The van der Waals surface area contributed by atoms with E-state index in [-0.39, 0.29) is 5.56 Å². The number of nitrogens with zero attached hydrogens (tertiary/aromatic N) is 2. The predicted octanol–water partition coefficient (Wildman–Crippen LogP) is 3.05. The third-order valence-electron chi connectivity index (χ3n) is 5.20. The normalized spacial score (nSPS) is 21.9. The van der Waals surface area contributed by atoms with E-state index in [2.05, 4.69) is 28.7 Å². The Bertz CT molecular complexity index is 519. The number of hydrogen-bond donors (Lipinski definition) is 1. The van der Waals surface area contributed by atoms with Crippen LogP contribution in [0.3, 0.4) is 0 Å². The lowest BCUT2D eigenvalue weighted by molar-refractivity contribution is 0.226. The molecule has 2 fully saturated rings. The van der Waals surface area contributed by atoms with E-state index in [1.807, 2.05) is 6.20 Å². The molecule has 0 aromatic carbocycles. The van der Waals surface area contributed by atoms with Crippen molar-refractivity contribution in [2.45, 2.75) is 58.3 Å². The fourth-order valence-corrected chi connectivity index (χ4v) is 3.75. The van der Waals surface area contributed by atoms with E-state index in [9.17, 15) is 4.79 Å². The number of aromatic nitrogens is 2. The van der Waals surface area contributed by atoms with Gasteiger partial charge in [0.05, 0.1) is 0 Å². The molecule has 0 atom stereocenters. The summed E-state index contributed by atoms with van der Waals surface area (Å²) in [5.74, 6) is 0.926. The van der Waals surface area contributed by atoms with Crippen molar-refractivity contribution >= 4 is 5.82 Å². The number of piperidine rings is 1. The zero-order valence-electron chi connectivity index (χ0n) is 12.6. The lowest BCUT2D eigenvalue weighted by Gasteiger charge is -2.39. The smallest absolute Gasteiger partial charge is 0.291 e. The first kappa shape index (κ1) is 13.7. The molecule has 3 rings (SSSR count). The molecule has 0 amide bonds. The van der Waals surface area contributed by atoms with Gasteiger partial charge in [0.15, 0.2) is 5.82 Å². The van der Waals surface area contributed by atoms with Crippen molar-refractivity contribution in [3.05, 3.63) is 22.2 Å². The zero-order chi connectivity index (χ0) is 14.2. The van der Waals surface area contributed by atoms with Gasteiger partial charge in [-0.25, -0.2) is 4.98 Å². The second-order valence-corrected chi connectivity index (χ2v) is 6.84. The SMILES string of the molecule is CC(C)c1cnc(N2CCC3(CCCC3)CC2)c(=O)[nH]1. The molecule has 2 aliphatic rings. The van der Waals surface area contributed by atoms with Crippen molar-refractivity contribution in [2.24, 2.45) is 5.41 Å². The lowest BCUT2D eigenvalue weighted by atomic mass is 9.77. The van der Waals surface area contributed by atoms with Crippen LogP contribution in [0.15, 0.2) is 11.0 Å². The lowest BCUT2D eigenvalue weighted by Crippen LogP contribution is -2.41. The summed E-state index contributed by atoms with van der Waals surface area (Å²) < 4.78 is 0. The molecular formula is C16H25N3O. The molecule has 110 valence electrons. The van der Waals surface area contributed by atoms with Gasteiger partial charge >= 0.3 is 0 Å². The largest absolute Gasteiger partial charge is 0.352 e. The monoisotopic (exact) mass is 275 g/mol.